The van der Waals surface area contributed by atoms with E-state index in [9.17, 15) is 4.79 Å². The fourth-order valence-electron chi connectivity index (χ4n) is 3.61. The van der Waals surface area contributed by atoms with Gasteiger partial charge in [-0.1, -0.05) is 12.1 Å². The minimum Gasteiger partial charge on any atom is -0.497 e. The highest BCUT2D eigenvalue weighted by Gasteiger charge is 2.33. The molecule has 5 heteroatoms. The number of ether oxygens (including phenoxy) is 1. The van der Waals surface area contributed by atoms with Crippen LogP contribution >= 0.6 is 0 Å². The maximum Gasteiger partial charge on any atom is 0.229 e. The number of benzene rings is 1. The zero-order valence-corrected chi connectivity index (χ0v) is 14.1. The summed E-state index contributed by atoms with van der Waals surface area (Å²) in [5.74, 6) is 0.921. The van der Waals surface area contributed by atoms with Crippen LogP contribution in [0.4, 0.5) is 0 Å². The number of likely N-dealkylation sites (tertiary alicyclic amines) is 1. The molecule has 0 saturated carbocycles. The van der Waals surface area contributed by atoms with Gasteiger partial charge in [0.2, 0.25) is 5.91 Å². The Morgan fingerprint density at radius 3 is 2.83 bits per heavy atom. The largest absolute Gasteiger partial charge is 0.497 e. The molecule has 0 aliphatic carbocycles. The lowest BCUT2D eigenvalue weighted by molar-refractivity contribution is -0.131. The van der Waals surface area contributed by atoms with Gasteiger partial charge in [-0.2, -0.15) is 0 Å². The second-order valence-corrected chi connectivity index (χ2v) is 6.51. The molecule has 2 aliphatic rings. The molecular formula is C18H27N3O2. The molecule has 2 unspecified atom stereocenters. The predicted octanol–water partition coefficient (Wildman–Crippen LogP) is 1.30. The highest BCUT2D eigenvalue weighted by atomic mass is 16.5. The molecule has 5 nitrogen and oxygen atoms in total. The van der Waals surface area contributed by atoms with Crippen LogP contribution in [-0.4, -0.2) is 68.1 Å². The maximum atomic E-state index is 12.8. The van der Waals surface area contributed by atoms with Gasteiger partial charge in [-0.15, -0.1) is 0 Å². The summed E-state index contributed by atoms with van der Waals surface area (Å²) in [5.41, 5.74) is 1.03. The third-order valence-electron chi connectivity index (χ3n) is 5.11. The van der Waals surface area contributed by atoms with Gasteiger partial charge in [0.25, 0.3) is 0 Å². The van der Waals surface area contributed by atoms with E-state index in [0.29, 0.717) is 6.04 Å². The fourth-order valence-corrected chi connectivity index (χ4v) is 3.61. The van der Waals surface area contributed by atoms with Gasteiger partial charge in [0.1, 0.15) is 5.75 Å². The van der Waals surface area contributed by atoms with E-state index < -0.39 is 0 Å². The predicted molar refractivity (Wildman–Crippen MR) is 90.8 cm³/mol. The number of carbonyl (C=O) groups is 1. The third-order valence-corrected chi connectivity index (χ3v) is 5.11. The fraction of sp³-hybridized carbons (Fsp3) is 0.611. The van der Waals surface area contributed by atoms with E-state index in [1.54, 1.807) is 7.11 Å². The second-order valence-electron chi connectivity index (χ2n) is 6.51. The van der Waals surface area contributed by atoms with Gasteiger partial charge in [0.15, 0.2) is 0 Å². The lowest BCUT2D eigenvalue weighted by Crippen LogP contribution is -2.49. The molecule has 0 spiro atoms. The summed E-state index contributed by atoms with van der Waals surface area (Å²) in [6.07, 6.45) is 1.09. The number of nitrogens with one attached hydrogen (secondary N) is 1. The molecule has 0 bridgehead atoms. The second kappa shape index (κ2) is 7.32. The van der Waals surface area contributed by atoms with Crippen molar-refractivity contribution >= 4 is 5.91 Å². The standard InChI is InChI=1S/C18H27N3O2/c1-14(15-4-3-5-17(12-15)23-2)18(22)21-9-6-16(13-21)20-10-7-19-8-11-20/h3-5,12,14,16,19H,6-11,13H2,1-2H3. The summed E-state index contributed by atoms with van der Waals surface area (Å²) >= 11 is 0. The molecule has 0 aromatic heterocycles. The van der Waals surface area contributed by atoms with Crippen molar-refractivity contribution in [3.63, 3.8) is 0 Å². The average Bonchev–Trinajstić information content (AvgIpc) is 3.11. The molecule has 0 radical (unpaired) electrons. The molecule has 23 heavy (non-hydrogen) atoms. The van der Waals surface area contributed by atoms with E-state index in [0.717, 1.165) is 57.0 Å². The van der Waals surface area contributed by atoms with Crippen LogP contribution in [0, 0.1) is 0 Å². The van der Waals surface area contributed by atoms with Gasteiger partial charge < -0.3 is 15.0 Å². The number of hydrogen-bond acceptors (Lipinski definition) is 4. The van der Waals surface area contributed by atoms with Gasteiger partial charge >= 0.3 is 0 Å². The number of amides is 1. The topological polar surface area (TPSA) is 44.8 Å². The smallest absolute Gasteiger partial charge is 0.229 e. The Labute approximate surface area is 138 Å². The van der Waals surface area contributed by atoms with E-state index in [-0.39, 0.29) is 11.8 Å². The van der Waals surface area contributed by atoms with E-state index in [1.165, 1.54) is 0 Å². The van der Waals surface area contributed by atoms with Crippen LogP contribution in [-0.2, 0) is 4.79 Å². The van der Waals surface area contributed by atoms with Crippen molar-refractivity contribution in [1.82, 2.24) is 15.1 Å². The molecule has 2 aliphatic heterocycles. The zero-order valence-electron chi connectivity index (χ0n) is 14.1. The average molecular weight is 317 g/mol. The van der Waals surface area contributed by atoms with Crippen molar-refractivity contribution in [2.45, 2.75) is 25.3 Å². The number of hydrogen-bond donors (Lipinski definition) is 1. The minimum absolute atomic E-state index is 0.119. The van der Waals surface area contributed by atoms with E-state index >= 15 is 0 Å². The van der Waals surface area contributed by atoms with E-state index in [2.05, 4.69) is 10.2 Å². The summed E-state index contributed by atoms with van der Waals surface area (Å²) in [6.45, 7) is 8.05. The number of piperazine rings is 1. The first-order valence-electron chi connectivity index (χ1n) is 8.56. The summed E-state index contributed by atoms with van der Waals surface area (Å²) in [6, 6.07) is 8.36. The zero-order chi connectivity index (χ0) is 16.2. The van der Waals surface area contributed by atoms with Crippen LogP contribution in [0.2, 0.25) is 0 Å². The third kappa shape index (κ3) is 3.67. The summed E-state index contributed by atoms with van der Waals surface area (Å²) in [5, 5.41) is 3.39. The molecule has 2 fully saturated rings. The first kappa shape index (κ1) is 16.3. The van der Waals surface area contributed by atoms with Crippen LogP contribution in [0.15, 0.2) is 24.3 Å². The lowest BCUT2D eigenvalue weighted by Gasteiger charge is -2.32. The lowest BCUT2D eigenvalue weighted by atomic mass is 9.99. The molecule has 3 rings (SSSR count). The van der Waals surface area contributed by atoms with Crippen LogP contribution in [0.3, 0.4) is 0 Å². The quantitative estimate of drug-likeness (QED) is 0.909. The summed E-state index contributed by atoms with van der Waals surface area (Å²) in [7, 11) is 1.66. The SMILES string of the molecule is COc1cccc(C(C)C(=O)N2CCC(N3CCNCC3)C2)c1. The van der Waals surface area contributed by atoms with E-state index in [4.69, 9.17) is 4.74 Å². The normalized spacial score (nSPS) is 23.7. The molecular weight excluding hydrogens is 290 g/mol. The maximum absolute atomic E-state index is 12.8. The van der Waals surface area contributed by atoms with Crippen molar-refractivity contribution in [2.75, 3.05) is 46.4 Å². The van der Waals surface area contributed by atoms with Gasteiger partial charge in [-0.05, 0) is 31.0 Å². The summed E-state index contributed by atoms with van der Waals surface area (Å²) < 4.78 is 5.27. The van der Waals surface area contributed by atoms with Crippen LogP contribution in [0.1, 0.15) is 24.8 Å². The van der Waals surface area contributed by atoms with Crippen molar-refractivity contribution in [3.05, 3.63) is 29.8 Å². The van der Waals surface area contributed by atoms with Crippen molar-refractivity contribution in [1.29, 1.82) is 0 Å². The van der Waals surface area contributed by atoms with Gasteiger partial charge in [-0.25, -0.2) is 0 Å². The molecule has 2 atom stereocenters. The van der Waals surface area contributed by atoms with Gasteiger partial charge in [0.05, 0.1) is 13.0 Å². The number of methoxy groups -OCH3 is 1. The highest BCUT2D eigenvalue weighted by Crippen LogP contribution is 2.25. The Morgan fingerprint density at radius 2 is 2.09 bits per heavy atom. The minimum atomic E-state index is -0.119. The first-order chi connectivity index (χ1) is 11.2. The van der Waals surface area contributed by atoms with Gasteiger partial charge in [0, 0.05) is 45.3 Å². The monoisotopic (exact) mass is 317 g/mol. The Kier molecular flexibility index (Phi) is 5.18. The van der Waals surface area contributed by atoms with Gasteiger partial charge in [-0.3, -0.25) is 9.69 Å². The number of rotatable bonds is 4. The Morgan fingerprint density at radius 1 is 1.30 bits per heavy atom. The number of nitrogens with zero attached hydrogens (tertiary/aromatic N) is 2. The molecule has 126 valence electrons. The van der Waals surface area contributed by atoms with Crippen LogP contribution < -0.4 is 10.1 Å². The molecule has 2 heterocycles. The van der Waals surface area contributed by atoms with Crippen LogP contribution in [0.5, 0.6) is 5.75 Å². The van der Waals surface area contributed by atoms with Crippen LogP contribution in [0.25, 0.3) is 0 Å². The summed E-state index contributed by atoms with van der Waals surface area (Å²) in [4.78, 5) is 17.4. The highest BCUT2D eigenvalue weighted by molar-refractivity contribution is 5.83. The number of carbonyl (C=O) groups excluding carboxylic acids is 1. The molecule has 1 aromatic rings. The Hall–Kier alpha value is -1.59. The van der Waals surface area contributed by atoms with E-state index in [1.807, 2.05) is 36.1 Å². The first-order valence-corrected chi connectivity index (χ1v) is 8.56. The Bertz CT molecular complexity index is 543. The molecule has 1 amide bonds. The Balaban J connectivity index is 1.61. The molecule has 2 saturated heterocycles. The van der Waals surface area contributed by atoms with Crippen molar-refractivity contribution in [2.24, 2.45) is 0 Å². The molecule has 1 N–H and O–H groups in total. The van der Waals surface area contributed by atoms with Crippen molar-refractivity contribution in [3.8, 4) is 5.75 Å². The molecule has 1 aromatic carbocycles. The van der Waals surface area contributed by atoms with Crippen molar-refractivity contribution < 1.29 is 9.53 Å².